The van der Waals surface area contributed by atoms with E-state index in [1.165, 1.54) is 18.2 Å². The van der Waals surface area contributed by atoms with Gasteiger partial charge < -0.3 is 10.1 Å². The molecule has 2 aromatic carbocycles. The first-order chi connectivity index (χ1) is 11.1. The fourth-order valence-corrected chi connectivity index (χ4v) is 2.01. The summed E-state index contributed by atoms with van der Waals surface area (Å²) in [4.78, 5) is 12.0. The second-order valence-electron chi connectivity index (χ2n) is 5.20. The molecule has 23 heavy (non-hydrogen) atoms. The molecule has 0 aromatic heterocycles. The van der Waals surface area contributed by atoms with Gasteiger partial charge in [-0.15, -0.1) is 0 Å². The van der Waals surface area contributed by atoms with Crippen molar-refractivity contribution in [1.29, 1.82) is 0 Å². The summed E-state index contributed by atoms with van der Waals surface area (Å²) in [5.41, 5.74) is 2.44. The number of aryl methyl sites for hydroxylation is 1. The maximum Gasteiger partial charge on any atom is 0.248 e. The third kappa shape index (κ3) is 5.25. The molecule has 2 aromatic rings. The fourth-order valence-electron chi connectivity index (χ4n) is 2.01. The Morgan fingerprint density at radius 1 is 1.22 bits per heavy atom. The molecule has 0 bridgehead atoms. The minimum Gasteiger partial charge on any atom is -0.494 e. The summed E-state index contributed by atoms with van der Waals surface area (Å²) in [5, 5.41) is 2.82. The van der Waals surface area contributed by atoms with Crippen LogP contribution in [0.25, 0.3) is 6.08 Å². The first-order valence-corrected chi connectivity index (χ1v) is 7.56. The van der Waals surface area contributed by atoms with Gasteiger partial charge in [0, 0.05) is 11.8 Å². The molecule has 0 heterocycles. The Balaban J connectivity index is 1.98. The van der Waals surface area contributed by atoms with Crippen LogP contribution in [0.15, 0.2) is 48.5 Å². The van der Waals surface area contributed by atoms with E-state index in [9.17, 15) is 9.18 Å². The number of ether oxygens (including phenoxy) is 1. The first-order valence-electron chi connectivity index (χ1n) is 7.56. The highest BCUT2D eigenvalue weighted by molar-refractivity contribution is 6.02. The Morgan fingerprint density at radius 3 is 2.61 bits per heavy atom. The van der Waals surface area contributed by atoms with Crippen LogP contribution in [-0.2, 0) is 4.79 Å². The number of carbonyl (C=O) groups excluding carboxylic acids is 1. The van der Waals surface area contributed by atoms with Crippen molar-refractivity contribution in [1.82, 2.24) is 0 Å². The molecule has 0 radical (unpaired) electrons. The Hall–Kier alpha value is -2.62. The van der Waals surface area contributed by atoms with Crippen molar-refractivity contribution in [2.45, 2.75) is 20.3 Å². The van der Waals surface area contributed by atoms with Crippen molar-refractivity contribution < 1.29 is 13.9 Å². The predicted octanol–water partition coefficient (Wildman–Crippen LogP) is 4.57. The monoisotopic (exact) mass is 313 g/mol. The molecule has 0 aliphatic heterocycles. The molecule has 1 N–H and O–H groups in total. The average molecular weight is 313 g/mol. The summed E-state index contributed by atoms with van der Waals surface area (Å²) in [6, 6.07) is 11.5. The average Bonchev–Trinajstić information content (AvgIpc) is 2.54. The van der Waals surface area contributed by atoms with Crippen molar-refractivity contribution in [2.24, 2.45) is 0 Å². The zero-order chi connectivity index (χ0) is 16.7. The second kappa shape index (κ2) is 8.13. The van der Waals surface area contributed by atoms with Crippen LogP contribution in [0.4, 0.5) is 10.1 Å². The summed E-state index contributed by atoms with van der Waals surface area (Å²) in [6.07, 6.45) is 4.02. The van der Waals surface area contributed by atoms with Gasteiger partial charge in [0.15, 0.2) is 0 Å². The molecule has 0 spiro atoms. The lowest BCUT2D eigenvalue weighted by Gasteiger charge is -2.10. The van der Waals surface area contributed by atoms with E-state index < -0.39 is 0 Å². The van der Waals surface area contributed by atoms with Crippen LogP contribution in [0.1, 0.15) is 24.5 Å². The summed E-state index contributed by atoms with van der Waals surface area (Å²) >= 11 is 0. The molecule has 2 rings (SSSR count). The Bertz CT molecular complexity index is 693. The molecule has 0 saturated carbocycles. The Kier molecular flexibility index (Phi) is 5.92. The van der Waals surface area contributed by atoms with Crippen molar-refractivity contribution in [3.05, 3.63) is 65.5 Å². The molecule has 1 amide bonds. The number of amides is 1. The molecule has 0 aliphatic rings. The molecule has 0 unspecified atom stereocenters. The highest BCUT2D eigenvalue weighted by Crippen LogP contribution is 2.21. The lowest BCUT2D eigenvalue weighted by atomic mass is 10.2. The number of anilines is 1. The standard InChI is InChI=1S/C19H20FNO2/c1-3-12-23-17-9-10-18(14(2)13-17)21-19(22)11-6-15-4-7-16(20)8-5-15/h4-11,13H,3,12H2,1-2H3,(H,21,22)/b11-6+. The lowest BCUT2D eigenvalue weighted by Crippen LogP contribution is -2.09. The van der Waals surface area contributed by atoms with Crippen molar-refractivity contribution in [3.8, 4) is 5.75 Å². The van der Waals surface area contributed by atoms with Crippen LogP contribution in [0.5, 0.6) is 5.75 Å². The maximum atomic E-state index is 12.8. The van der Waals surface area contributed by atoms with Crippen molar-refractivity contribution in [3.63, 3.8) is 0 Å². The largest absolute Gasteiger partial charge is 0.494 e. The Morgan fingerprint density at radius 2 is 1.96 bits per heavy atom. The van der Waals surface area contributed by atoms with E-state index >= 15 is 0 Å². The Labute approximate surface area is 135 Å². The highest BCUT2D eigenvalue weighted by atomic mass is 19.1. The molecular weight excluding hydrogens is 293 g/mol. The number of hydrogen-bond acceptors (Lipinski definition) is 2. The fraction of sp³-hybridized carbons (Fsp3) is 0.211. The summed E-state index contributed by atoms with van der Waals surface area (Å²) in [6.45, 7) is 4.64. The van der Waals surface area contributed by atoms with Gasteiger partial charge in [0.2, 0.25) is 5.91 Å². The van der Waals surface area contributed by atoms with Gasteiger partial charge in [-0.05, 0) is 60.9 Å². The summed E-state index contributed by atoms with van der Waals surface area (Å²) in [5.74, 6) is 0.261. The molecular formula is C19H20FNO2. The molecule has 4 heteroatoms. The van der Waals surface area contributed by atoms with E-state index in [1.807, 2.05) is 25.1 Å². The summed E-state index contributed by atoms with van der Waals surface area (Å²) < 4.78 is 18.4. The third-order valence-electron chi connectivity index (χ3n) is 3.23. The van der Waals surface area contributed by atoms with E-state index in [1.54, 1.807) is 18.2 Å². The van der Waals surface area contributed by atoms with Crippen LogP contribution < -0.4 is 10.1 Å². The number of halogens is 1. The zero-order valence-corrected chi connectivity index (χ0v) is 13.3. The molecule has 0 aliphatic carbocycles. The number of benzene rings is 2. The van der Waals surface area contributed by atoms with Crippen LogP contribution in [0.2, 0.25) is 0 Å². The lowest BCUT2D eigenvalue weighted by molar-refractivity contribution is -0.111. The quantitative estimate of drug-likeness (QED) is 0.793. The maximum absolute atomic E-state index is 12.8. The topological polar surface area (TPSA) is 38.3 Å². The van der Waals surface area contributed by atoms with Gasteiger partial charge in [-0.2, -0.15) is 0 Å². The number of carbonyl (C=O) groups is 1. The van der Waals surface area contributed by atoms with Crippen LogP contribution in [0.3, 0.4) is 0 Å². The van der Waals surface area contributed by atoms with Gasteiger partial charge in [-0.3, -0.25) is 4.79 Å². The van der Waals surface area contributed by atoms with E-state index in [-0.39, 0.29) is 11.7 Å². The van der Waals surface area contributed by atoms with Gasteiger partial charge in [0.25, 0.3) is 0 Å². The van der Waals surface area contributed by atoms with Gasteiger partial charge in [-0.25, -0.2) is 4.39 Å². The molecule has 0 fully saturated rings. The second-order valence-corrected chi connectivity index (χ2v) is 5.20. The van der Waals surface area contributed by atoms with Gasteiger partial charge in [0.1, 0.15) is 11.6 Å². The zero-order valence-electron chi connectivity index (χ0n) is 13.3. The number of nitrogens with one attached hydrogen (secondary N) is 1. The number of hydrogen-bond donors (Lipinski definition) is 1. The molecule has 120 valence electrons. The molecule has 0 atom stereocenters. The predicted molar refractivity (Wildman–Crippen MR) is 91.0 cm³/mol. The minimum absolute atomic E-state index is 0.236. The molecule has 3 nitrogen and oxygen atoms in total. The minimum atomic E-state index is -0.299. The number of rotatable bonds is 6. The summed E-state index contributed by atoms with van der Waals surface area (Å²) in [7, 11) is 0. The molecule has 0 saturated heterocycles. The smallest absolute Gasteiger partial charge is 0.248 e. The van der Waals surface area contributed by atoms with Crippen molar-refractivity contribution in [2.75, 3.05) is 11.9 Å². The SMILES string of the molecule is CCCOc1ccc(NC(=O)/C=C/c2ccc(F)cc2)c(C)c1. The third-order valence-corrected chi connectivity index (χ3v) is 3.23. The van der Waals surface area contributed by atoms with Crippen molar-refractivity contribution >= 4 is 17.7 Å². The van der Waals surface area contributed by atoms with Gasteiger partial charge in [-0.1, -0.05) is 19.1 Å². The van der Waals surface area contributed by atoms with E-state index in [4.69, 9.17) is 4.74 Å². The van der Waals surface area contributed by atoms with E-state index in [0.29, 0.717) is 6.61 Å². The van der Waals surface area contributed by atoms with Crippen LogP contribution >= 0.6 is 0 Å². The first kappa shape index (κ1) is 16.7. The normalized spacial score (nSPS) is 10.7. The van der Waals surface area contributed by atoms with Gasteiger partial charge >= 0.3 is 0 Å². The van der Waals surface area contributed by atoms with E-state index in [0.717, 1.165) is 29.0 Å². The highest BCUT2D eigenvalue weighted by Gasteiger charge is 2.03. The van der Waals surface area contributed by atoms with Crippen LogP contribution in [0, 0.1) is 12.7 Å². The van der Waals surface area contributed by atoms with E-state index in [2.05, 4.69) is 12.2 Å². The van der Waals surface area contributed by atoms with Gasteiger partial charge in [0.05, 0.1) is 6.61 Å². The van der Waals surface area contributed by atoms with Crippen LogP contribution in [-0.4, -0.2) is 12.5 Å².